The van der Waals surface area contributed by atoms with Gasteiger partial charge in [-0.15, -0.1) is 0 Å². The summed E-state index contributed by atoms with van der Waals surface area (Å²) in [5.74, 6) is 1.01. The first-order chi connectivity index (χ1) is 8.65. The minimum Gasteiger partial charge on any atom is -0.339 e. The predicted molar refractivity (Wildman–Crippen MR) is 76.3 cm³/mol. The summed E-state index contributed by atoms with van der Waals surface area (Å²) in [4.78, 5) is 14.6. The van der Waals surface area contributed by atoms with Gasteiger partial charge in [0.1, 0.15) is 0 Å². The fourth-order valence-electron chi connectivity index (χ4n) is 3.27. The second kappa shape index (κ2) is 7.78. The van der Waals surface area contributed by atoms with E-state index in [1.165, 1.54) is 19.3 Å². The molecule has 1 rings (SSSR count). The van der Waals surface area contributed by atoms with Gasteiger partial charge in [-0.1, -0.05) is 33.1 Å². The van der Waals surface area contributed by atoms with Crippen molar-refractivity contribution in [2.45, 2.75) is 65.3 Å². The Hall–Kier alpha value is -0.570. The Morgan fingerprint density at radius 3 is 2.56 bits per heavy atom. The van der Waals surface area contributed by atoms with Crippen LogP contribution in [0.15, 0.2) is 0 Å². The monoisotopic (exact) mass is 254 g/mol. The zero-order valence-electron chi connectivity index (χ0n) is 12.3. The molecule has 1 aliphatic carbocycles. The number of hydrogen-bond donors (Lipinski definition) is 1. The van der Waals surface area contributed by atoms with Gasteiger partial charge in [0.05, 0.1) is 0 Å². The number of nitrogens with zero attached hydrogens (tertiary/aromatic N) is 1. The van der Waals surface area contributed by atoms with Gasteiger partial charge in [-0.25, -0.2) is 0 Å². The number of carbonyl (C=O) groups excluding carboxylic acids is 1. The molecule has 106 valence electrons. The molecular weight excluding hydrogens is 224 g/mol. The first-order valence-corrected chi connectivity index (χ1v) is 7.66. The highest BCUT2D eigenvalue weighted by molar-refractivity contribution is 5.78. The summed E-state index contributed by atoms with van der Waals surface area (Å²) in [5, 5.41) is 0. The molecule has 3 unspecified atom stereocenters. The molecule has 0 aliphatic heterocycles. The van der Waals surface area contributed by atoms with Crippen LogP contribution in [0.3, 0.4) is 0 Å². The van der Waals surface area contributed by atoms with Gasteiger partial charge >= 0.3 is 0 Å². The molecule has 2 N–H and O–H groups in total. The Labute approximate surface area is 112 Å². The molecule has 3 nitrogen and oxygen atoms in total. The number of rotatable bonds is 6. The van der Waals surface area contributed by atoms with E-state index in [2.05, 4.69) is 25.7 Å². The Morgan fingerprint density at radius 1 is 1.33 bits per heavy atom. The molecule has 0 heterocycles. The molecule has 1 amide bonds. The summed E-state index contributed by atoms with van der Waals surface area (Å²) in [5.41, 5.74) is 5.88. The van der Waals surface area contributed by atoms with Crippen LogP contribution >= 0.6 is 0 Å². The van der Waals surface area contributed by atoms with E-state index in [0.717, 1.165) is 32.4 Å². The van der Waals surface area contributed by atoms with Crippen molar-refractivity contribution in [1.29, 1.82) is 0 Å². The Balaban J connectivity index is 2.71. The van der Waals surface area contributed by atoms with Crippen molar-refractivity contribution in [3.63, 3.8) is 0 Å². The Bertz CT molecular complexity index is 255. The van der Waals surface area contributed by atoms with Crippen LogP contribution < -0.4 is 5.73 Å². The van der Waals surface area contributed by atoms with Gasteiger partial charge in [0.2, 0.25) is 5.91 Å². The number of nitrogens with two attached hydrogens (primary N) is 1. The lowest BCUT2D eigenvalue weighted by atomic mass is 9.83. The molecule has 0 aromatic carbocycles. The minimum atomic E-state index is 0.162. The zero-order valence-corrected chi connectivity index (χ0v) is 12.3. The Morgan fingerprint density at radius 2 is 2.00 bits per heavy atom. The molecule has 18 heavy (non-hydrogen) atoms. The van der Waals surface area contributed by atoms with Crippen molar-refractivity contribution in [1.82, 2.24) is 4.90 Å². The molecule has 1 aliphatic rings. The largest absolute Gasteiger partial charge is 0.339 e. The van der Waals surface area contributed by atoms with Gasteiger partial charge in [0, 0.05) is 18.5 Å². The van der Waals surface area contributed by atoms with Crippen LogP contribution in [-0.4, -0.2) is 29.9 Å². The summed E-state index contributed by atoms with van der Waals surface area (Å²) in [7, 11) is 0. The SMILES string of the molecule is CCCC(C)C(=O)N(CC)C1CCCCC1CN. The fraction of sp³-hybridized carbons (Fsp3) is 0.933. The quantitative estimate of drug-likeness (QED) is 0.792. The van der Waals surface area contributed by atoms with Gasteiger partial charge in [-0.3, -0.25) is 4.79 Å². The highest BCUT2D eigenvalue weighted by Crippen LogP contribution is 2.29. The van der Waals surface area contributed by atoms with Gasteiger partial charge in [-0.2, -0.15) is 0 Å². The van der Waals surface area contributed by atoms with Gasteiger partial charge < -0.3 is 10.6 Å². The number of amides is 1. The van der Waals surface area contributed by atoms with Crippen molar-refractivity contribution in [2.24, 2.45) is 17.6 Å². The van der Waals surface area contributed by atoms with Crippen molar-refractivity contribution in [3.05, 3.63) is 0 Å². The topological polar surface area (TPSA) is 46.3 Å². The Kier molecular flexibility index (Phi) is 6.69. The third-order valence-electron chi connectivity index (χ3n) is 4.34. The maximum Gasteiger partial charge on any atom is 0.225 e. The lowest BCUT2D eigenvalue weighted by Crippen LogP contribution is -2.49. The molecule has 0 radical (unpaired) electrons. The third-order valence-corrected chi connectivity index (χ3v) is 4.34. The standard InChI is InChI=1S/C15H30N2O/c1-4-8-12(3)15(18)17(5-2)14-10-7-6-9-13(14)11-16/h12-14H,4-11,16H2,1-3H3. The number of carbonyl (C=O) groups is 1. The van der Waals surface area contributed by atoms with Gasteiger partial charge in [0.15, 0.2) is 0 Å². The molecule has 0 aromatic rings. The van der Waals surface area contributed by atoms with Gasteiger partial charge in [0.25, 0.3) is 0 Å². The number of hydrogen-bond acceptors (Lipinski definition) is 2. The average Bonchev–Trinajstić information content (AvgIpc) is 2.40. The van der Waals surface area contributed by atoms with E-state index in [4.69, 9.17) is 5.73 Å². The maximum absolute atomic E-state index is 12.5. The van der Waals surface area contributed by atoms with Crippen molar-refractivity contribution in [2.75, 3.05) is 13.1 Å². The molecule has 0 bridgehead atoms. The zero-order chi connectivity index (χ0) is 13.5. The lowest BCUT2D eigenvalue weighted by Gasteiger charge is -2.40. The third kappa shape index (κ3) is 3.71. The first-order valence-electron chi connectivity index (χ1n) is 7.66. The van der Waals surface area contributed by atoms with E-state index in [9.17, 15) is 4.79 Å². The van der Waals surface area contributed by atoms with Crippen LogP contribution in [0.1, 0.15) is 59.3 Å². The van der Waals surface area contributed by atoms with Crippen LogP contribution in [-0.2, 0) is 4.79 Å². The average molecular weight is 254 g/mol. The van der Waals surface area contributed by atoms with E-state index in [1.807, 2.05) is 0 Å². The summed E-state index contributed by atoms with van der Waals surface area (Å²) >= 11 is 0. The van der Waals surface area contributed by atoms with Crippen LogP contribution in [0.25, 0.3) is 0 Å². The van der Waals surface area contributed by atoms with Crippen LogP contribution in [0.2, 0.25) is 0 Å². The summed E-state index contributed by atoms with van der Waals surface area (Å²) in [6.45, 7) is 7.85. The molecular formula is C15H30N2O. The van der Waals surface area contributed by atoms with E-state index in [0.29, 0.717) is 17.9 Å². The smallest absolute Gasteiger partial charge is 0.225 e. The summed E-state index contributed by atoms with van der Waals surface area (Å²) < 4.78 is 0. The van der Waals surface area contributed by atoms with Crippen LogP contribution in [0.4, 0.5) is 0 Å². The molecule has 1 fully saturated rings. The highest BCUT2D eigenvalue weighted by Gasteiger charge is 2.32. The second-order valence-electron chi connectivity index (χ2n) is 5.66. The fourth-order valence-corrected chi connectivity index (χ4v) is 3.27. The second-order valence-corrected chi connectivity index (χ2v) is 5.66. The normalized spacial score (nSPS) is 25.8. The minimum absolute atomic E-state index is 0.162. The summed E-state index contributed by atoms with van der Waals surface area (Å²) in [6.07, 6.45) is 6.92. The molecule has 3 atom stereocenters. The lowest BCUT2D eigenvalue weighted by molar-refractivity contribution is -0.139. The predicted octanol–water partition coefficient (Wildman–Crippen LogP) is 2.79. The van der Waals surface area contributed by atoms with Crippen molar-refractivity contribution >= 4 is 5.91 Å². The van der Waals surface area contributed by atoms with E-state index >= 15 is 0 Å². The van der Waals surface area contributed by atoms with Crippen LogP contribution in [0, 0.1) is 11.8 Å². The summed E-state index contributed by atoms with van der Waals surface area (Å²) in [6, 6.07) is 0.389. The molecule has 0 saturated heterocycles. The molecule has 1 saturated carbocycles. The van der Waals surface area contributed by atoms with E-state index in [1.54, 1.807) is 0 Å². The van der Waals surface area contributed by atoms with E-state index in [-0.39, 0.29) is 5.92 Å². The van der Waals surface area contributed by atoms with Crippen molar-refractivity contribution < 1.29 is 4.79 Å². The highest BCUT2D eigenvalue weighted by atomic mass is 16.2. The van der Waals surface area contributed by atoms with Crippen molar-refractivity contribution in [3.8, 4) is 0 Å². The van der Waals surface area contributed by atoms with Gasteiger partial charge in [-0.05, 0) is 38.6 Å². The molecule has 0 aromatic heterocycles. The van der Waals surface area contributed by atoms with E-state index < -0.39 is 0 Å². The first kappa shape index (κ1) is 15.5. The van der Waals surface area contributed by atoms with Crippen LogP contribution in [0.5, 0.6) is 0 Å². The molecule has 3 heteroatoms. The molecule has 0 spiro atoms. The maximum atomic E-state index is 12.5.